The molecule has 5 heteroatoms. The van der Waals surface area contributed by atoms with Crippen LogP contribution in [0.3, 0.4) is 0 Å². The zero-order valence-electron chi connectivity index (χ0n) is 11.8. The Hall–Kier alpha value is -1.46. The standard InChI is InChI=1S/C14H22N2O2S/c1-6-13(19-8-7-14(17)18-5)9-11(2)12(3)10-16-15-4/h6,9-10,15-16H,1-2,7-8H2,3-5H3/b12-10+,13-9+. The third-order valence-corrected chi connectivity index (χ3v) is 3.29. The van der Waals surface area contributed by atoms with Gasteiger partial charge in [-0.1, -0.05) is 19.2 Å². The van der Waals surface area contributed by atoms with Crippen LogP contribution in [0.15, 0.2) is 47.6 Å². The number of hydrogen-bond acceptors (Lipinski definition) is 5. The molecular formula is C14H22N2O2S. The molecule has 0 spiro atoms. The van der Waals surface area contributed by atoms with Crippen LogP contribution < -0.4 is 10.9 Å². The fraction of sp³-hybridized carbons (Fsp3) is 0.357. The number of methoxy groups -OCH3 is 1. The quantitative estimate of drug-likeness (QED) is 0.387. The first kappa shape index (κ1) is 17.5. The minimum atomic E-state index is -0.205. The zero-order valence-corrected chi connectivity index (χ0v) is 12.6. The lowest BCUT2D eigenvalue weighted by Gasteiger charge is -2.06. The van der Waals surface area contributed by atoms with Gasteiger partial charge in [0.15, 0.2) is 0 Å². The molecule has 0 aliphatic carbocycles. The largest absolute Gasteiger partial charge is 0.469 e. The number of nitrogens with one attached hydrogen (secondary N) is 2. The Morgan fingerprint density at radius 1 is 1.47 bits per heavy atom. The second kappa shape index (κ2) is 10.5. The van der Waals surface area contributed by atoms with Crippen molar-refractivity contribution in [2.45, 2.75) is 13.3 Å². The average Bonchev–Trinajstić information content (AvgIpc) is 2.42. The number of thioether (sulfide) groups is 1. The summed E-state index contributed by atoms with van der Waals surface area (Å²) in [5, 5.41) is 0. The van der Waals surface area contributed by atoms with Crippen molar-refractivity contribution in [1.82, 2.24) is 10.9 Å². The van der Waals surface area contributed by atoms with Crippen molar-refractivity contribution < 1.29 is 9.53 Å². The van der Waals surface area contributed by atoms with E-state index < -0.39 is 0 Å². The number of carbonyl (C=O) groups is 1. The monoisotopic (exact) mass is 282 g/mol. The molecule has 0 aromatic rings. The summed E-state index contributed by atoms with van der Waals surface area (Å²) < 4.78 is 4.59. The van der Waals surface area contributed by atoms with Gasteiger partial charge in [-0.15, -0.1) is 11.8 Å². The minimum absolute atomic E-state index is 0.205. The molecule has 0 amide bonds. The Kier molecular flexibility index (Phi) is 9.66. The summed E-state index contributed by atoms with van der Waals surface area (Å²) in [6, 6.07) is 0. The van der Waals surface area contributed by atoms with Crippen molar-refractivity contribution in [2.24, 2.45) is 0 Å². The average molecular weight is 282 g/mol. The summed E-state index contributed by atoms with van der Waals surface area (Å²) in [5.41, 5.74) is 7.61. The van der Waals surface area contributed by atoms with Gasteiger partial charge in [0.2, 0.25) is 0 Å². The van der Waals surface area contributed by atoms with Crippen molar-refractivity contribution in [2.75, 3.05) is 19.9 Å². The Morgan fingerprint density at radius 2 is 2.16 bits per heavy atom. The summed E-state index contributed by atoms with van der Waals surface area (Å²) >= 11 is 1.55. The van der Waals surface area contributed by atoms with Crippen LogP contribution in [0.2, 0.25) is 0 Å². The van der Waals surface area contributed by atoms with Crippen LogP contribution in [0.25, 0.3) is 0 Å². The molecule has 0 aliphatic heterocycles. The van der Waals surface area contributed by atoms with Gasteiger partial charge in [-0.2, -0.15) is 0 Å². The third-order valence-electron chi connectivity index (χ3n) is 2.26. The number of rotatable bonds is 9. The lowest BCUT2D eigenvalue weighted by Crippen LogP contribution is -2.21. The molecule has 2 N–H and O–H groups in total. The van der Waals surface area contributed by atoms with Gasteiger partial charge in [0.05, 0.1) is 13.5 Å². The van der Waals surface area contributed by atoms with E-state index in [0.717, 1.165) is 16.1 Å². The predicted octanol–water partition coefficient (Wildman–Crippen LogP) is 2.54. The molecule has 4 nitrogen and oxygen atoms in total. The topological polar surface area (TPSA) is 50.4 Å². The second-order valence-electron chi connectivity index (χ2n) is 3.67. The maximum atomic E-state index is 11.0. The molecule has 0 saturated heterocycles. The van der Waals surface area contributed by atoms with Gasteiger partial charge >= 0.3 is 5.97 Å². The van der Waals surface area contributed by atoms with E-state index >= 15 is 0 Å². The maximum absolute atomic E-state index is 11.0. The van der Waals surface area contributed by atoms with E-state index in [9.17, 15) is 4.79 Å². The van der Waals surface area contributed by atoms with Crippen molar-refractivity contribution in [3.63, 3.8) is 0 Å². The van der Waals surface area contributed by atoms with Crippen LogP contribution in [0, 0.1) is 0 Å². The summed E-state index contributed by atoms with van der Waals surface area (Å²) in [6.45, 7) is 9.71. The molecule has 0 radical (unpaired) electrons. The van der Waals surface area contributed by atoms with Crippen LogP contribution in [-0.4, -0.2) is 25.9 Å². The molecule has 0 saturated carbocycles. The highest BCUT2D eigenvalue weighted by molar-refractivity contribution is 8.03. The molecule has 0 aliphatic rings. The van der Waals surface area contributed by atoms with E-state index in [1.54, 1.807) is 24.9 Å². The van der Waals surface area contributed by atoms with Gasteiger partial charge in [-0.3, -0.25) is 4.79 Å². The molecule has 0 unspecified atom stereocenters. The lowest BCUT2D eigenvalue weighted by molar-refractivity contribution is -0.140. The number of ether oxygens (including phenoxy) is 1. The Balaban J connectivity index is 4.42. The first-order valence-corrected chi connectivity index (χ1v) is 6.85. The third kappa shape index (κ3) is 8.29. The number of carbonyl (C=O) groups excluding carboxylic acids is 1. The molecule has 0 atom stereocenters. The van der Waals surface area contributed by atoms with Gasteiger partial charge in [-0.05, 0) is 24.1 Å². The molecule has 0 heterocycles. The van der Waals surface area contributed by atoms with Gasteiger partial charge in [0, 0.05) is 23.9 Å². The smallest absolute Gasteiger partial charge is 0.306 e. The number of esters is 1. The first-order chi connectivity index (χ1) is 9.04. The van der Waals surface area contributed by atoms with Crippen molar-refractivity contribution in [3.8, 4) is 0 Å². The van der Waals surface area contributed by atoms with Crippen LogP contribution in [0.5, 0.6) is 0 Å². The van der Waals surface area contributed by atoms with E-state index in [1.165, 1.54) is 7.11 Å². The highest BCUT2D eigenvalue weighted by Gasteiger charge is 2.02. The second-order valence-corrected chi connectivity index (χ2v) is 4.84. The highest BCUT2D eigenvalue weighted by Crippen LogP contribution is 2.21. The summed E-state index contributed by atoms with van der Waals surface area (Å²) in [5.74, 6) is 0.457. The number of allylic oxidation sites excluding steroid dienone is 4. The van der Waals surface area contributed by atoms with E-state index in [1.807, 2.05) is 19.2 Å². The molecule has 0 rings (SSSR count). The molecule has 0 aromatic carbocycles. The van der Waals surface area contributed by atoms with Gasteiger partial charge in [0.1, 0.15) is 0 Å². The van der Waals surface area contributed by atoms with Gasteiger partial charge in [-0.25, -0.2) is 5.43 Å². The Bertz CT molecular complexity index is 387. The van der Waals surface area contributed by atoms with Gasteiger partial charge < -0.3 is 10.2 Å². The van der Waals surface area contributed by atoms with E-state index in [0.29, 0.717) is 12.2 Å². The Morgan fingerprint density at radius 3 is 2.68 bits per heavy atom. The summed E-state index contributed by atoms with van der Waals surface area (Å²) in [6.07, 6.45) is 5.91. The van der Waals surface area contributed by atoms with Crippen LogP contribution in [0.1, 0.15) is 13.3 Å². The zero-order chi connectivity index (χ0) is 14.7. The molecule has 0 fully saturated rings. The van der Waals surface area contributed by atoms with Crippen molar-refractivity contribution >= 4 is 17.7 Å². The highest BCUT2D eigenvalue weighted by atomic mass is 32.2. The predicted molar refractivity (Wildman–Crippen MR) is 82.5 cm³/mol. The van der Waals surface area contributed by atoms with E-state index in [2.05, 4.69) is 28.7 Å². The minimum Gasteiger partial charge on any atom is -0.469 e. The molecule has 0 aromatic heterocycles. The molecule has 106 valence electrons. The fourth-order valence-corrected chi connectivity index (χ4v) is 1.92. The fourth-order valence-electron chi connectivity index (χ4n) is 1.07. The molecule has 19 heavy (non-hydrogen) atoms. The van der Waals surface area contributed by atoms with E-state index in [-0.39, 0.29) is 5.97 Å². The Labute approximate surface area is 119 Å². The number of hydrogen-bond donors (Lipinski definition) is 2. The normalized spacial score (nSPS) is 11.9. The first-order valence-electron chi connectivity index (χ1n) is 5.87. The maximum Gasteiger partial charge on any atom is 0.306 e. The van der Waals surface area contributed by atoms with Crippen molar-refractivity contribution in [1.29, 1.82) is 0 Å². The van der Waals surface area contributed by atoms with Crippen LogP contribution >= 0.6 is 11.8 Å². The lowest BCUT2D eigenvalue weighted by atomic mass is 10.1. The SMILES string of the molecule is C=C/C(=C\C(=C)/C(C)=C/NNC)SCCC(=O)OC. The van der Waals surface area contributed by atoms with Crippen LogP contribution in [0.4, 0.5) is 0 Å². The summed E-state index contributed by atoms with van der Waals surface area (Å²) in [7, 11) is 3.18. The van der Waals surface area contributed by atoms with Crippen LogP contribution in [-0.2, 0) is 9.53 Å². The summed E-state index contributed by atoms with van der Waals surface area (Å²) in [4.78, 5) is 12.0. The molecule has 0 bridgehead atoms. The molecular weight excluding hydrogens is 260 g/mol. The number of hydrazine groups is 1. The van der Waals surface area contributed by atoms with Crippen molar-refractivity contribution in [3.05, 3.63) is 47.6 Å². The van der Waals surface area contributed by atoms with E-state index in [4.69, 9.17) is 0 Å². The van der Waals surface area contributed by atoms with Gasteiger partial charge in [0.25, 0.3) is 0 Å².